The first-order chi connectivity index (χ1) is 13.0. The minimum absolute atomic E-state index is 0.634. The van der Waals surface area contributed by atoms with Gasteiger partial charge in [-0.15, -0.1) is 0 Å². The number of aliphatic hydroxyl groups is 1. The molecule has 0 spiro atoms. The van der Waals surface area contributed by atoms with Gasteiger partial charge in [-0.1, -0.05) is 39.7 Å². The molecule has 0 bridgehead atoms. The predicted molar refractivity (Wildman–Crippen MR) is 111 cm³/mol. The lowest BCUT2D eigenvalue weighted by molar-refractivity contribution is 0.206. The summed E-state index contributed by atoms with van der Waals surface area (Å²) in [6.45, 7) is 4.86. The zero-order valence-corrected chi connectivity index (χ0v) is 16.8. The van der Waals surface area contributed by atoms with E-state index in [1.54, 1.807) is 12.4 Å². The van der Waals surface area contributed by atoms with Gasteiger partial charge in [0.1, 0.15) is 11.9 Å². The molecule has 27 heavy (non-hydrogen) atoms. The van der Waals surface area contributed by atoms with Crippen molar-refractivity contribution in [2.45, 2.75) is 26.5 Å². The summed E-state index contributed by atoms with van der Waals surface area (Å²) in [6, 6.07) is 16.1. The molecule has 1 unspecified atom stereocenters. The van der Waals surface area contributed by atoms with Gasteiger partial charge in [-0.2, -0.15) is 0 Å². The molecular formula is C22H20BrN3O. The van der Waals surface area contributed by atoms with Crippen LogP contribution in [0.3, 0.4) is 0 Å². The number of halogens is 1. The number of hydrogen-bond acceptors (Lipinski definition) is 3. The normalized spacial score (nSPS) is 12.4. The first-order valence-corrected chi connectivity index (χ1v) is 9.62. The Morgan fingerprint density at radius 2 is 1.81 bits per heavy atom. The number of aromatic nitrogens is 3. The molecule has 4 aromatic rings. The third-order valence-corrected chi connectivity index (χ3v) is 5.33. The van der Waals surface area contributed by atoms with Crippen LogP contribution in [0.15, 0.2) is 65.4 Å². The fourth-order valence-electron chi connectivity index (χ4n) is 3.33. The molecule has 0 saturated heterocycles. The number of pyridine rings is 1. The minimum atomic E-state index is -0.815. The Morgan fingerprint density at radius 1 is 1.04 bits per heavy atom. The SMILES string of the molecule is Cc1ccc(C)c(Cn2c(C(O)c3ccncc3)nc3ccc(Br)cc32)c1. The van der Waals surface area contributed by atoms with E-state index in [0.717, 1.165) is 21.1 Å². The number of aryl methyl sites for hydroxylation is 2. The van der Waals surface area contributed by atoms with Gasteiger partial charge in [0.25, 0.3) is 0 Å². The molecule has 1 N–H and O–H groups in total. The largest absolute Gasteiger partial charge is 0.380 e. The predicted octanol–water partition coefficient (Wildman–Crippen LogP) is 4.94. The molecule has 4 nitrogen and oxygen atoms in total. The maximum Gasteiger partial charge on any atom is 0.143 e. The molecule has 5 heteroatoms. The molecule has 0 aliphatic rings. The summed E-state index contributed by atoms with van der Waals surface area (Å²) in [4.78, 5) is 8.79. The molecule has 0 fully saturated rings. The summed E-state index contributed by atoms with van der Waals surface area (Å²) < 4.78 is 3.09. The average molecular weight is 422 g/mol. The first kappa shape index (κ1) is 17.9. The van der Waals surface area contributed by atoms with Gasteiger partial charge in [0.2, 0.25) is 0 Å². The van der Waals surface area contributed by atoms with Gasteiger partial charge in [-0.05, 0) is 60.9 Å². The second-order valence-electron chi connectivity index (χ2n) is 6.80. The Balaban J connectivity index is 1.88. The Hall–Kier alpha value is -2.50. The number of benzene rings is 2. The van der Waals surface area contributed by atoms with Crippen molar-refractivity contribution in [3.63, 3.8) is 0 Å². The summed E-state index contributed by atoms with van der Waals surface area (Å²) in [5.74, 6) is 0.634. The zero-order valence-electron chi connectivity index (χ0n) is 15.2. The van der Waals surface area contributed by atoms with Crippen molar-refractivity contribution in [3.05, 3.63) is 93.5 Å². The zero-order chi connectivity index (χ0) is 19.0. The van der Waals surface area contributed by atoms with Crippen LogP contribution in [0.2, 0.25) is 0 Å². The number of rotatable bonds is 4. The fraction of sp³-hybridized carbons (Fsp3) is 0.182. The van der Waals surface area contributed by atoms with E-state index in [2.05, 4.69) is 63.6 Å². The minimum Gasteiger partial charge on any atom is -0.380 e. The van der Waals surface area contributed by atoms with Crippen molar-refractivity contribution in [1.82, 2.24) is 14.5 Å². The third-order valence-electron chi connectivity index (χ3n) is 4.84. The van der Waals surface area contributed by atoms with Crippen LogP contribution in [0, 0.1) is 13.8 Å². The van der Waals surface area contributed by atoms with Crippen LogP contribution < -0.4 is 0 Å². The molecule has 0 amide bonds. The van der Waals surface area contributed by atoms with Gasteiger partial charge >= 0.3 is 0 Å². The second kappa shape index (κ2) is 7.25. The highest BCUT2D eigenvalue weighted by Crippen LogP contribution is 2.29. The van der Waals surface area contributed by atoms with Crippen molar-refractivity contribution < 1.29 is 5.11 Å². The summed E-state index contributed by atoms with van der Waals surface area (Å²) in [5, 5.41) is 11.0. The molecule has 2 heterocycles. The molecule has 0 aliphatic heterocycles. The Morgan fingerprint density at radius 3 is 2.59 bits per heavy atom. The van der Waals surface area contributed by atoms with Crippen LogP contribution in [0.1, 0.15) is 34.2 Å². The van der Waals surface area contributed by atoms with Crippen molar-refractivity contribution in [1.29, 1.82) is 0 Å². The molecule has 1 atom stereocenters. The molecule has 2 aromatic carbocycles. The number of hydrogen-bond donors (Lipinski definition) is 1. The van der Waals surface area contributed by atoms with Crippen molar-refractivity contribution in [2.75, 3.05) is 0 Å². The molecule has 2 aromatic heterocycles. The van der Waals surface area contributed by atoms with E-state index in [0.29, 0.717) is 12.4 Å². The fourth-order valence-corrected chi connectivity index (χ4v) is 3.67. The maximum atomic E-state index is 11.0. The monoisotopic (exact) mass is 421 g/mol. The molecule has 4 rings (SSSR count). The van der Waals surface area contributed by atoms with E-state index in [9.17, 15) is 5.11 Å². The smallest absolute Gasteiger partial charge is 0.143 e. The Kier molecular flexibility index (Phi) is 4.81. The van der Waals surface area contributed by atoms with Crippen LogP contribution in [0.5, 0.6) is 0 Å². The quantitative estimate of drug-likeness (QED) is 0.507. The number of imidazole rings is 1. The number of fused-ring (bicyclic) bond motifs is 1. The summed E-state index contributed by atoms with van der Waals surface area (Å²) in [7, 11) is 0. The van der Waals surface area contributed by atoms with Crippen molar-refractivity contribution >= 4 is 27.0 Å². The van der Waals surface area contributed by atoms with Crippen molar-refractivity contribution in [3.8, 4) is 0 Å². The van der Waals surface area contributed by atoms with Crippen LogP contribution in [-0.2, 0) is 6.54 Å². The van der Waals surface area contributed by atoms with Gasteiger partial charge in [-0.25, -0.2) is 4.98 Å². The van der Waals surface area contributed by atoms with E-state index in [4.69, 9.17) is 4.98 Å². The topological polar surface area (TPSA) is 50.9 Å². The standard InChI is InChI=1S/C22H20BrN3O/c1-14-3-4-15(2)17(11-14)13-26-20-12-18(23)5-6-19(20)25-22(26)21(27)16-7-9-24-10-8-16/h3-12,21,27H,13H2,1-2H3. The highest BCUT2D eigenvalue weighted by atomic mass is 79.9. The molecule has 0 aliphatic carbocycles. The van der Waals surface area contributed by atoms with E-state index in [1.807, 2.05) is 24.3 Å². The number of aliphatic hydroxyl groups excluding tert-OH is 1. The summed E-state index contributed by atoms with van der Waals surface area (Å²) >= 11 is 3.56. The molecular weight excluding hydrogens is 402 g/mol. The Labute approximate surface area is 166 Å². The highest BCUT2D eigenvalue weighted by molar-refractivity contribution is 9.10. The maximum absolute atomic E-state index is 11.0. The van der Waals surface area contributed by atoms with Gasteiger partial charge < -0.3 is 9.67 Å². The Bertz CT molecular complexity index is 1110. The lowest BCUT2D eigenvalue weighted by Gasteiger charge is -2.16. The van der Waals surface area contributed by atoms with Gasteiger partial charge in [-0.3, -0.25) is 4.98 Å². The van der Waals surface area contributed by atoms with E-state index in [1.165, 1.54) is 16.7 Å². The van der Waals surface area contributed by atoms with Gasteiger partial charge in [0.15, 0.2) is 0 Å². The third kappa shape index (κ3) is 3.53. The first-order valence-electron chi connectivity index (χ1n) is 8.83. The summed E-state index contributed by atoms with van der Waals surface area (Å²) in [6.07, 6.45) is 2.56. The average Bonchev–Trinajstić information content (AvgIpc) is 3.02. The second-order valence-corrected chi connectivity index (χ2v) is 7.72. The van der Waals surface area contributed by atoms with E-state index in [-0.39, 0.29) is 0 Å². The highest BCUT2D eigenvalue weighted by Gasteiger charge is 2.20. The molecule has 0 saturated carbocycles. The van der Waals surface area contributed by atoms with Gasteiger partial charge in [0.05, 0.1) is 11.0 Å². The molecule has 0 radical (unpaired) electrons. The lowest BCUT2D eigenvalue weighted by atomic mass is 10.1. The van der Waals surface area contributed by atoms with Crippen LogP contribution in [0.4, 0.5) is 0 Å². The van der Waals surface area contributed by atoms with Crippen LogP contribution in [-0.4, -0.2) is 19.6 Å². The van der Waals surface area contributed by atoms with E-state index >= 15 is 0 Å². The van der Waals surface area contributed by atoms with Gasteiger partial charge in [0, 0.05) is 23.4 Å². The van der Waals surface area contributed by atoms with E-state index < -0.39 is 6.10 Å². The van der Waals surface area contributed by atoms with Crippen molar-refractivity contribution in [2.24, 2.45) is 0 Å². The molecule has 136 valence electrons. The summed E-state index contributed by atoms with van der Waals surface area (Å²) in [5.41, 5.74) is 6.30. The number of nitrogens with zero attached hydrogens (tertiary/aromatic N) is 3. The van der Waals surface area contributed by atoms with Crippen LogP contribution >= 0.6 is 15.9 Å². The van der Waals surface area contributed by atoms with Crippen LogP contribution in [0.25, 0.3) is 11.0 Å². The lowest BCUT2D eigenvalue weighted by Crippen LogP contribution is -2.12.